The van der Waals surface area contributed by atoms with Crippen molar-refractivity contribution >= 4 is 15.9 Å². The molecule has 0 atom stereocenters. The second-order valence-electron chi connectivity index (χ2n) is 4.37. The zero-order valence-corrected chi connectivity index (χ0v) is 10.9. The van der Waals surface area contributed by atoms with Crippen LogP contribution in [-0.2, 0) is 5.54 Å². The highest BCUT2D eigenvalue weighted by molar-refractivity contribution is 9.10. The van der Waals surface area contributed by atoms with E-state index in [1.54, 1.807) is 7.11 Å². The first kappa shape index (κ1) is 11.0. The molecule has 0 aromatic heterocycles. The van der Waals surface area contributed by atoms with E-state index in [0.29, 0.717) is 0 Å². The molecule has 2 N–H and O–H groups in total. The molecule has 15 heavy (non-hydrogen) atoms. The molecule has 1 aliphatic carbocycles. The van der Waals surface area contributed by atoms with Crippen molar-refractivity contribution in [1.29, 1.82) is 0 Å². The van der Waals surface area contributed by atoms with E-state index in [9.17, 15) is 0 Å². The van der Waals surface area contributed by atoms with Crippen LogP contribution in [0.1, 0.15) is 29.5 Å². The van der Waals surface area contributed by atoms with E-state index < -0.39 is 0 Å². The summed E-state index contributed by atoms with van der Waals surface area (Å²) in [6, 6.07) is 2.05. The Morgan fingerprint density at radius 3 is 2.47 bits per heavy atom. The summed E-state index contributed by atoms with van der Waals surface area (Å²) in [4.78, 5) is 0. The van der Waals surface area contributed by atoms with Crippen LogP contribution in [0.5, 0.6) is 5.75 Å². The van der Waals surface area contributed by atoms with E-state index in [0.717, 1.165) is 23.1 Å². The first-order valence-electron chi connectivity index (χ1n) is 5.12. The standard InChI is InChI=1S/C12H16BrNO/c1-7-6-9(15-3)11(13)8(2)10(7)12(14)4-5-12/h6H,4-5,14H2,1-3H3. The largest absolute Gasteiger partial charge is 0.496 e. The topological polar surface area (TPSA) is 35.2 Å². The Bertz CT molecular complexity index is 411. The lowest BCUT2D eigenvalue weighted by molar-refractivity contribution is 0.411. The summed E-state index contributed by atoms with van der Waals surface area (Å²) in [6.07, 6.45) is 2.18. The van der Waals surface area contributed by atoms with Gasteiger partial charge in [-0.1, -0.05) is 0 Å². The minimum atomic E-state index is -0.0804. The lowest BCUT2D eigenvalue weighted by Gasteiger charge is -2.19. The molecule has 0 spiro atoms. The average Bonchev–Trinajstić information content (AvgIpc) is 2.91. The number of ether oxygens (including phenoxy) is 1. The predicted molar refractivity (Wildman–Crippen MR) is 65.3 cm³/mol. The molecule has 1 saturated carbocycles. The molecular formula is C12H16BrNO. The maximum atomic E-state index is 6.27. The summed E-state index contributed by atoms with van der Waals surface area (Å²) < 4.78 is 6.34. The zero-order chi connectivity index (χ0) is 11.2. The number of hydrogen-bond acceptors (Lipinski definition) is 2. The van der Waals surface area contributed by atoms with Crippen LogP contribution in [0.2, 0.25) is 0 Å². The Kier molecular flexibility index (Phi) is 2.55. The molecule has 1 aromatic carbocycles. The fraction of sp³-hybridized carbons (Fsp3) is 0.500. The Labute approximate surface area is 98.9 Å². The normalized spacial score (nSPS) is 17.7. The van der Waals surface area contributed by atoms with Gasteiger partial charge in [-0.05, 0) is 65.4 Å². The molecule has 2 rings (SSSR count). The minimum absolute atomic E-state index is 0.0804. The Morgan fingerprint density at radius 1 is 1.40 bits per heavy atom. The smallest absolute Gasteiger partial charge is 0.133 e. The molecular weight excluding hydrogens is 254 g/mol. The van der Waals surface area contributed by atoms with Crippen molar-refractivity contribution in [1.82, 2.24) is 0 Å². The highest BCUT2D eigenvalue weighted by Gasteiger charge is 2.42. The molecule has 0 saturated heterocycles. The Hall–Kier alpha value is -0.540. The maximum absolute atomic E-state index is 6.27. The summed E-state index contributed by atoms with van der Waals surface area (Å²) in [6.45, 7) is 4.20. The number of methoxy groups -OCH3 is 1. The van der Waals surface area contributed by atoms with Gasteiger partial charge in [0.2, 0.25) is 0 Å². The molecule has 0 radical (unpaired) electrons. The van der Waals surface area contributed by atoms with Crippen molar-refractivity contribution in [2.75, 3.05) is 7.11 Å². The summed E-state index contributed by atoms with van der Waals surface area (Å²) in [5, 5.41) is 0. The fourth-order valence-corrected chi connectivity index (χ4v) is 2.70. The molecule has 1 aliphatic rings. The van der Waals surface area contributed by atoms with Crippen molar-refractivity contribution in [3.05, 3.63) is 27.2 Å². The summed E-state index contributed by atoms with van der Waals surface area (Å²) in [7, 11) is 1.69. The lowest BCUT2D eigenvalue weighted by atomic mass is 9.94. The third-order valence-corrected chi connectivity index (χ3v) is 4.15. The highest BCUT2D eigenvalue weighted by Crippen LogP contribution is 2.48. The number of rotatable bonds is 2. The summed E-state index contributed by atoms with van der Waals surface area (Å²) >= 11 is 3.57. The fourth-order valence-electron chi connectivity index (χ4n) is 2.22. The molecule has 0 amide bonds. The Morgan fingerprint density at radius 2 is 2.00 bits per heavy atom. The van der Waals surface area contributed by atoms with Crippen LogP contribution in [0.25, 0.3) is 0 Å². The number of halogens is 1. The van der Waals surface area contributed by atoms with E-state index in [1.807, 2.05) is 0 Å². The second kappa shape index (κ2) is 3.49. The van der Waals surface area contributed by atoms with Crippen LogP contribution >= 0.6 is 15.9 Å². The van der Waals surface area contributed by atoms with Gasteiger partial charge in [0.1, 0.15) is 5.75 Å². The molecule has 3 heteroatoms. The average molecular weight is 270 g/mol. The number of aryl methyl sites for hydroxylation is 1. The molecule has 1 fully saturated rings. The summed E-state index contributed by atoms with van der Waals surface area (Å²) in [5.41, 5.74) is 9.92. The number of hydrogen-bond donors (Lipinski definition) is 1. The van der Waals surface area contributed by atoms with Crippen LogP contribution in [0, 0.1) is 13.8 Å². The monoisotopic (exact) mass is 269 g/mol. The van der Waals surface area contributed by atoms with Crippen molar-refractivity contribution in [2.24, 2.45) is 5.73 Å². The van der Waals surface area contributed by atoms with Crippen LogP contribution in [0.3, 0.4) is 0 Å². The predicted octanol–water partition coefficient (Wildman–Crippen LogP) is 3.02. The molecule has 0 heterocycles. The molecule has 0 unspecified atom stereocenters. The minimum Gasteiger partial charge on any atom is -0.496 e. The van der Waals surface area contributed by atoms with Gasteiger partial charge in [-0.3, -0.25) is 0 Å². The molecule has 2 nitrogen and oxygen atoms in total. The van der Waals surface area contributed by atoms with Crippen molar-refractivity contribution in [3.8, 4) is 5.75 Å². The second-order valence-corrected chi connectivity index (χ2v) is 5.16. The molecule has 82 valence electrons. The van der Waals surface area contributed by atoms with E-state index >= 15 is 0 Å². The zero-order valence-electron chi connectivity index (χ0n) is 9.36. The summed E-state index contributed by atoms with van der Waals surface area (Å²) in [5.74, 6) is 0.887. The molecule has 0 aliphatic heterocycles. The van der Waals surface area contributed by atoms with Crippen molar-refractivity contribution < 1.29 is 4.74 Å². The van der Waals surface area contributed by atoms with Gasteiger partial charge >= 0.3 is 0 Å². The third-order valence-electron chi connectivity index (χ3n) is 3.17. The van der Waals surface area contributed by atoms with Gasteiger partial charge in [0, 0.05) is 5.54 Å². The Balaban J connectivity index is 2.61. The van der Waals surface area contributed by atoms with Gasteiger partial charge in [0.15, 0.2) is 0 Å². The van der Waals surface area contributed by atoms with Crippen molar-refractivity contribution in [3.63, 3.8) is 0 Å². The molecule has 0 bridgehead atoms. The SMILES string of the molecule is COc1cc(C)c(C2(N)CC2)c(C)c1Br. The van der Waals surface area contributed by atoms with E-state index in [4.69, 9.17) is 10.5 Å². The number of benzene rings is 1. The van der Waals surface area contributed by atoms with Gasteiger partial charge in [0.05, 0.1) is 11.6 Å². The van der Waals surface area contributed by atoms with Gasteiger partial charge in [0.25, 0.3) is 0 Å². The first-order valence-corrected chi connectivity index (χ1v) is 5.92. The number of nitrogens with two attached hydrogens (primary N) is 1. The van der Waals surface area contributed by atoms with Gasteiger partial charge in [-0.2, -0.15) is 0 Å². The van der Waals surface area contributed by atoms with Gasteiger partial charge in [-0.15, -0.1) is 0 Å². The van der Waals surface area contributed by atoms with Crippen LogP contribution < -0.4 is 10.5 Å². The van der Waals surface area contributed by atoms with E-state index in [2.05, 4.69) is 35.8 Å². The van der Waals surface area contributed by atoms with Gasteiger partial charge < -0.3 is 10.5 Å². The van der Waals surface area contributed by atoms with Crippen LogP contribution in [0.4, 0.5) is 0 Å². The van der Waals surface area contributed by atoms with Gasteiger partial charge in [-0.25, -0.2) is 0 Å². The third kappa shape index (κ3) is 1.68. The maximum Gasteiger partial charge on any atom is 0.133 e. The first-order chi connectivity index (χ1) is 6.99. The highest BCUT2D eigenvalue weighted by atomic mass is 79.9. The van der Waals surface area contributed by atoms with E-state index in [-0.39, 0.29) is 5.54 Å². The lowest BCUT2D eigenvalue weighted by Crippen LogP contribution is -2.21. The quantitative estimate of drug-likeness (QED) is 0.896. The van der Waals surface area contributed by atoms with Crippen LogP contribution in [0.15, 0.2) is 10.5 Å². The molecule has 1 aromatic rings. The van der Waals surface area contributed by atoms with Crippen LogP contribution in [-0.4, -0.2) is 7.11 Å². The van der Waals surface area contributed by atoms with Crippen molar-refractivity contribution in [2.45, 2.75) is 32.2 Å². The van der Waals surface area contributed by atoms with E-state index in [1.165, 1.54) is 16.7 Å².